The molecule has 1 aliphatic heterocycles. The maximum Gasteiger partial charge on any atom is 0.257 e. The Bertz CT molecular complexity index is 996. The van der Waals surface area contributed by atoms with Crippen LogP contribution in [0.15, 0.2) is 53.4 Å². The summed E-state index contributed by atoms with van der Waals surface area (Å²) in [4.78, 5) is 24.1. The lowest BCUT2D eigenvalue weighted by Crippen LogP contribution is -2.37. The van der Waals surface area contributed by atoms with Crippen molar-refractivity contribution in [3.8, 4) is 0 Å². The number of benzene rings is 2. The zero-order chi connectivity index (χ0) is 20.3. The standard InChI is InChI=1S/C20H23N3O4S/c1-15-9-11-23(12-10-15)28(26,27)19-8-3-5-16(13-19)20(24)21-17-6-4-7-18(14-17)22(2)25/h3-8,13-15H,9-12H2,1-2H3/p+1. The highest BCUT2D eigenvalue weighted by Crippen LogP contribution is 2.24. The van der Waals surface area contributed by atoms with Gasteiger partial charge in [0.15, 0.2) is 7.05 Å². The summed E-state index contributed by atoms with van der Waals surface area (Å²) in [7, 11) is -2.26. The Morgan fingerprint density at radius 1 is 1.11 bits per heavy atom. The van der Waals surface area contributed by atoms with Gasteiger partial charge in [-0.25, -0.2) is 8.42 Å². The fourth-order valence-electron chi connectivity index (χ4n) is 3.15. The number of rotatable bonds is 5. The van der Waals surface area contributed by atoms with Gasteiger partial charge in [-0.05, 0) is 43.0 Å². The molecule has 0 spiro atoms. The van der Waals surface area contributed by atoms with E-state index < -0.39 is 15.9 Å². The first-order valence-corrected chi connectivity index (χ1v) is 10.6. The van der Waals surface area contributed by atoms with Crippen molar-refractivity contribution in [1.29, 1.82) is 0 Å². The number of amides is 1. The van der Waals surface area contributed by atoms with Crippen molar-refractivity contribution in [2.75, 3.05) is 25.5 Å². The number of hydrogen-bond donors (Lipinski definition) is 1. The highest BCUT2D eigenvalue weighted by Gasteiger charge is 2.28. The molecule has 2 aromatic rings. The van der Waals surface area contributed by atoms with Gasteiger partial charge in [0.2, 0.25) is 10.0 Å². The maximum atomic E-state index is 12.9. The first kappa shape index (κ1) is 20.2. The monoisotopic (exact) mass is 402 g/mol. The number of nitrogens with one attached hydrogen (secondary N) is 1. The Morgan fingerprint density at radius 2 is 1.79 bits per heavy atom. The first-order chi connectivity index (χ1) is 13.3. The molecule has 7 nitrogen and oxygen atoms in total. The Morgan fingerprint density at radius 3 is 2.46 bits per heavy atom. The molecule has 0 aliphatic carbocycles. The van der Waals surface area contributed by atoms with Gasteiger partial charge in [-0.2, -0.15) is 4.31 Å². The Kier molecular flexibility index (Phi) is 5.90. The van der Waals surface area contributed by atoms with E-state index in [4.69, 9.17) is 0 Å². The smallest absolute Gasteiger partial charge is 0.257 e. The molecular formula is C20H24N3O4S+. The minimum absolute atomic E-state index is 0.114. The Labute approximate surface area is 165 Å². The topological polar surface area (TPSA) is 86.6 Å². The molecular weight excluding hydrogens is 378 g/mol. The third-order valence-corrected chi connectivity index (χ3v) is 6.84. The largest absolute Gasteiger partial charge is 0.322 e. The zero-order valence-electron chi connectivity index (χ0n) is 16.0. The fraction of sp³-hybridized carbons (Fsp3) is 0.350. The average molecular weight is 402 g/mol. The molecule has 0 saturated carbocycles. The van der Waals surface area contributed by atoms with Crippen LogP contribution in [0, 0.1) is 10.8 Å². The van der Waals surface area contributed by atoms with Crippen LogP contribution in [0.3, 0.4) is 0 Å². The molecule has 0 radical (unpaired) electrons. The van der Waals surface area contributed by atoms with Crippen LogP contribution in [0.2, 0.25) is 0 Å². The van der Waals surface area contributed by atoms with E-state index in [9.17, 15) is 18.1 Å². The van der Waals surface area contributed by atoms with Crippen molar-refractivity contribution in [3.05, 3.63) is 59.0 Å². The Balaban J connectivity index is 1.80. The SMILES string of the molecule is CC1CCN(S(=O)(=O)c2cccc(C(=O)Nc3cccc([N+](C)=O)c3)c2)CC1. The van der Waals surface area contributed by atoms with Crippen LogP contribution < -0.4 is 5.32 Å². The molecule has 1 heterocycles. The van der Waals surface area contributed by atoms with Crippen LogP contribution in [0.4, 0.5) is 11.4 Å². The first-order valence-electron chi connectivity index (χ1n) is 9.20. The lowest BCUT2D eigenvalue weighted by atomic mass is 10.0. The maximum absolute atomic E-state index is 12.9. The highest BCUT2D eigenvalue weighted by atomic mass is 32.2. The van der Waals surface area contributed by atoms with Gasteiger partial charge in [0.1, 0.15) is 0 Å². The van der Waals surface area contributed by atoms with Crippen molar-refractivity contribution in [3.63, 3.8) is 0 Å². The molecule has 1 N–H and O–H groups in total. The molecule has 8 heteroatoms. The molecule has 148 valence electrons. The zero-order valence-corrected chi connectivity index (χ0v) is 16.8. The predicted molar refractivity (Wildman–Crippen MR) is 107 cm³/mol. The lowest BCUT2D eigenvalue weighted by molar-refractivity contribution is -0.428. The number of sulfonamides is 1. The van der Waals surface area contributed by atoms with Crippen LogP contribution in [-0.4, -0.2) is 43.5 Å². The Hall–Kier alpha value is -2.58. The second-order valence-corrected chi connectivity index (χ2v) is 9.05. The van der Waals surface area contributed by atoms with E-state index in [-0.39, 0.29) is 10.5 Å². The summed E-state index contributed by atoms with van der Waals surface area (Å²) in [6.45, 7) is 3.11. The second kappa shape index (κ2) is 8.20. The van der Waals surface area contributed by atoms with Crippen LogP contribution in [-0.2, 0) is 10.0 Å². The summed E-state index contributed by atoms with van der Waals surface area (Å²) in [6, 6.07) is 12.6. The van der Waals surface area contributed by atoms with Crippen LogP contribution >= 0.6 is 0 Å². The van der Waals surface area contributed by atoms with Gasteiger partial charge in [0, 0.05) is 46.1 Å². The van der Waals surface area contributed by atoms with Gasteiger partial charge in [0.25, 0.3) is 11.6 Å². The van der Waals surface area contributed by atoms with Crippen LogP contribution in [0.25, 0.3) is 0 Å². The van der Waals surface area contributed by atoms with Crippen molar-refractivity contribution in [2.45, 2.75) is 24.7 Å². The average Bonchev–Trinajstić information content (AvgIpc) is 2.68. The number of nitroso groups, excluding NO2 is 1. The van der Waals surface area contributed by atoms with E-state index in [0.717, 1.165) is 12.8 Å². The summed E-state index contributed by atoms with van der Waals surface area (Å²) >= 11 is 0. The highest BCUT2D eigenvalue weighted by molar-refractivity contribution is 7.89. The molecule has 1 amide bonds. The number of nitrogens with zero attached hydrogens (tertiary/aromatic N) is 2. The third-order valence-electron chi connectivity index (χ3n) is 4.94. The normalized spacial score (nSPS) is 15.9. The van der Waals surface area contributed by atoms with E-state index in [1.54, 1.807) is 36.4 Å². The quantitative estimate of drug-likeness (QED) is 0.777. The molecule has 0 aromatic heterocycles. The van der Waals surface area contributed by atoms with Crippen molar-refractivity contribution in [1.82, 2.24) is 4.31 Å². The van der Waals surface area contributed by atoms with Gasteiger partial charge < -0.3 is 5.32 Å². The summed E-state index contributed by atoms with van der Waals surface area (Å²) in [6.07, 6.45) is 1.67. The summed E-state index contributed by atoms with van der Waals surface area (Å²) in [5.41, 5.74) is 1.12. The van der Waals surface area contributed by atoms with Gasteiger partial charge in [-0.15, -0.1) is 0 Å². The molecule has 2 aromatic carbocycles. The number of carbonyl (C=O) groups excluding carboxylic acids is 1. The van der Waals surface area contributed by atoms with E-state index >= 15 is 0 Å². The second-order valence-electron chi connectivity index (χ2n) is 7.12. The molecule has 0 atom stereocenters. The van der Waals surface area contributed by atoms with Crippen LogP contribution in [0.5, 0.6) is 0 Å². The van der Waals surface area contributed by atoms with E-state index in [1.165, 1.54) is 23.5 Å². The van der Waals surface area contributed by atoms with Gasteiger partial charge >= 0.3 is 0 Å². The summed E-state index contributed by atoms with van der Waals surface area (Å²) < 4.78 is 28.0. The molecule has 1 saturated heterocycles. The fourth-order valence-corrected chi connectivity index (χ4v) is 4.67. The van der Waals surface area contributed by atoms with Crippen molar-refractivity contribution >= 4 is 27.3 Å². The van der Waals surface area contributed by atoms with E-state index in [0.29, 0.717) is 35.1 Å². The van der Waals surface area contributed by atoms with E-state index in [1.807, 2.05) is 0 Å². The number of piperidine rings is 1. The van der Waals surface area contributed by atoms with Crippen molar-refractivity contribution < 1.29 is 18.0 Å². The minimum Gasteiger partial charge on any atom is -0.322 e. The van der Waals surface area contributed by atoms with E-state index in [2.05, 4.69) is 12.2 Å². The predicted octanol–water partition coefficient (Wildman–Crippen LogP) is 3.40. The van der Waals surface area contributed by atoms with Gasteiger partial charge in [-0.1, -0.05) is 19.1 Å². The summed E-state index contributed by atoms with van der Waals surface area (Å²) in [5, 5.41) is 2.70. The molecule has 0 bridgehead atoms. The minimum atomic E-state index is -3.63. The number of hydrogen-bond acceptors (Lipinski definition) is 4. The molecule has 0 unspecified atom stereocenters. The van der Waals surface area contributed by atoms with Gasteiger partial charge in [-0.3, -0.25) is 4.79 Å². The molecule has 1 fully saturated rings. The summed E-state index contributed by atoms with van der Waals surface area (Å²) in [5.74, 6) is 0.0857. The molecule has 28 heavy (non-hydrogen) atoms. The number of carbonyl (C=O) groups is 1. The van der Waals surface area contributed by atoms with Gasteiger partial charge in [0.05, 0.1) is 4.90 Å². The van der Waals surface area contributed by atoms with Crippen molar-refractivity contribution in [2.24, 2.45) is 5.92 Å². The molecule has 1 aliphatic rings. The third kappa shape index (κ3) is 4.45. The number of anilines is 1. The molecule has 3 rings (SSSR count). The lowest BCUT2D eigenvalue weighted by Gasteiger charge is -2.29. The van der Waals surface area contributed by atoms with Crippen LogP contribution in [0.1, 0.15) is 30.1 Å².